The first-order valence-electron chi connectivity index (χ1n) is 8.96. The highest BCUT2D eigenvalue weighted by atomic mass is 32.2. The molecule has 2 aromatic rings. The molecule has 1 aromatic carbocycles. The second kappa shape index (κ2) is 8.10. The van der Waals surface area contributed by atoms with Crippen LogP contribution in [0.4, 0.5) is 11.4 Å². The van der Waals surface area contributed by atoms with Gasteiger partial charge in [0.1, 0.15) is 5.69 Å². The molecule has 0 unspecified atom stereocenters. The van der Waals surface area contributed by atoms with Crippen molar-refractivity contribution in [2.45, 2.75) is 30.2 Å². The Hall–Kier alpha value is -2.39. The van der Waals surface area contributed by atoms with Crippen LogP contribution in [0.5, 0.6) is 0 Å². The minimum absolute atomic E-state index is 0.0366. The molecule has 0 radical (unpaired) electrons. The molecule has 1 atom stereocenters. The van der Waals surface area contributed by atoms with Crippen molar-refractivity contribution in [2.24, 2.45) is 0 Å². The number of furan rings is 1. The van der Waals surface area contributed by atoms with Crippen LogP contribution in [-0.2, 0) is 9.84 Å². The zero-order valence-electron chi connectivity index (χ0n) is 15.2. The van der Waals surface area contributed by atoms with Crippen molar-refractivity contribution in [2.75, 3.05) is 31.2 Å². The Morgan fingerprint density at radius 2 is 2.00 bits per heavy atom. The van der Waals surface area contributed by atoms with E-state index in [1.807, 2.05) is 12.1 Å². The molecule has 1 aromatic heterocycles. The maximum Gasteiger partial charge on any atom is 0.293 e. The molecule has 146 valence electrons. The van der Waals surface area contributed by atoms with Crippen molar-refractivity contribution < 1.29 is 22.7 Å². The van der Waals surface area contributed by atoms with E-state index >= 15 is 0 Å². The van der Waals surface area contributed by atoms with Crippen LogP contribution in [-0.4, -0.2) is 39.2 Å². The molecule has 0 spiro atoms. The fourth-order valence-electron chi connectivity index (χ4n) is 3.54. The van der Waals surface area contributed by atoms with Crippen LogP contribution in [0.3, 0.4) is 0 Å². The second-order valence-corrected chi connectivity index (χ2v) is 8.89. The van der Waals surface area contributed by atoms with Crippen molar-refractivity contribution in [3.8, 4) is 0 Å². The Labute approximate surface area is 158 Å². The standard InChI is InChI=1S/C18H23N3O5S/c1-27(24,25)14-7-8-15(16(12-14)21(22)23)19-13-17(18-6-5-11-26-18)20-9-3-2-4-10-20/h5-8,11-12,17,19H,2-4,9-10,13H2,1H3/p+1/t17-/m1/s1. The minimum Gasteiger partial charge on any atom is -0.463 e. The Morgan fingerprint density at radius 1 is 1.26 bits per heavy atom. The van der Waals surface area contributed by atoms with Crippen molar-refractivity contribution in [3.05, 3.63) is 52.5 Å². The minimum atomic E-state index is -3.51. The van der Waals surface area contributed by atoms with Crippen molar-refractivity contribution in [3.63, 3.8) is 0 Å². The van der Waals surface area contributed by atoms with Gasteiger partial charge in [0.2, 0.25) is 0 Å². The normalized spacial score (nSPS) is 16.8. The van der Waals surface area contributed by atoms with Crippen LogP contribution in [0, 0.1) is 10.1 Å². The maximum atomic E-state index is 11.7. The number of nitrogens with one attached hydrogen (secondary N) is 2. The lowest BCUT2D eigenvalue weighted by Gasteiger charge is -2.30. The fraction of sp³-hybridized carbons (Fsp3) is 0.444. The van der Waals surface area contributed by atoms with E-state index in [1.165, 1.54) is 23.5 Å². The molecule has 0 amide bonds. The number of hydrogen-bond donors (Lipinski definition) is 2. The van der Waals surface area contributed by atoms with Gasteiger partial charge in [-0.05, 0) is 43.5 Å². The van der Waals surface area contributed by atoms with E-state index < -0.39 is 14.8 Å². The van der Waals surface area contributed by atoms with Gasteiger partial charge in [0.25, 0.3) is 5.69 Å². The summed E-state index contributed by atoms with van der Waals surface area (Å²) in [7, 11) is -3.51. The second-order valence-electron chi connectivity index (χ2n) is 6.88. The molecule has 0 bridgehead atoms. The topological polar surface area (TPSA) is 107 Å². The number of sulfone groups is 1. The van der Waals surface area contributed by atoms with Crippen LogP contribution < -0.4 is 10.2 Å². The fourth-order valence-corrected chi connectivity index (χ4v) is 4.19. The predicted octanol–water partition coefficient (Wildman–Crippen LogP) is 1.81. The molecule has 8 nitrogen and oxygen atoms in total. The van der Waals surface area contributed by atoms with Crippen molar-refractivity contribution in [1.82, 2.24) is 0 Å². The Balaban J connectivity index is 1.83. The predicted molar refractivity (Wildman–Crippen MR) is 101 cm³/mol. The molecule has 2 heterocycles. The van der Waals surface area contributed by atoms with Gasteiger partial charge in [0.15, 0.2) is 21.6 Å². The van der Waals surface area contributed by atoms with Crippen molar-refractivity contribution >= 4 is 21.2 Å². The molecule has 1 fully saturated rings. The largest absolute Gasteiger partial charge is 0.463 e. The summed E-state index contributed by atoms with van der Waals surface area (Å²) in [6.45, 7) is 2.52. The lowest BCUT2D eigenvalue weighted by atomic mass is 10.1. The Morgan fingerprint density at radius 3 is 2.59 bits per heavy atom. The van der Waals surface area contributed by atoms with Gasteiger partial charge in [-0.1, -0.05) is 0 Å². The number of nitrogens with zero attached hydrogens (tertiary/aromatic N) is 1. The van der Waals surface area contributed by atoms with Crippen LogP contribution in [0.15, 0.2) is 45.9 Å². The molecule has 9 heteroatoms. The number of likely N-dealkylation sites (tertiary alicyclic amines) is 1. The summed E-state index contributed by atoms with van der Waals surface area (Å²) < 4.78 is 29.0. The summed E-state index contributed by atoms with van der Waals surface area (Å²) >= 11 is 0. The average molecular weight is 394 g/mol. The van der Waals surface area contributed by atoms with Gasteiger partial charge >= 0.3 is 0 Å². The van der Waals surface area contributed by atoms with Gasteiger partial charge in [-0.25, -0.2) is 8.42 Å². The highest BCUT2D eigenvalue weighted by Crippen LogP contribution is 2.28. The molecule has 1 aliphatic rings. The third kappa shape index (κ3) is 4.67. The van der Waals surface area contributed by atoms with E-state index in [0.717, 1.165) is 44.0 Å². The van der Waals surface area contributed by atoms with Gasteiger partial charge in [0, 0.05) is 12.3 Å². The Kier molecular flexibility index (Phi) is 5.81. The van der Waals surface area contributed by atoms with Crippen LogP contribution in [0.25, 0.3) is 0 Å². The first-order chi connectivity index (χ1) is 12.9. The smallest absolute Gasteiger partial charge is 0.293 e. The van der Waals surface area contributed by atoms with Gasteiger partial charge in [-0.3, -0.25) is 10.1 Å². The number of anilines is 1. The van der Waals surface area contributed by atoms with Gasteiger partial charge in [-0.2, -0.15) is 0 Å². The molecule has 0 aliphatic carbocycles. The third-order valence-corrected chi connectivity index (χ3v) is 6.08. The zero-order valence-corrected chi connectivity index (χ0v) is 16.0. The van der Waals surface area contributed by atoms with E-state index in [-0.39, 0.29) is 16.6 Å². The van der Waals surface area contributed by atoms with E-state index in [4.69, 9.17) is 4.42 Å². The quantitative estimate of drug-likeness (QED) is 0.548. The van der Waals surface area contributed by atoms with Gasteiger partial charge in [0.05, 0.1) is 35.7 Å². The number of hydrogen-bond acceptors (Lipinski definition) is 6. The zero-order chi connectivity index (χ0) is 19.4. The summed E-state index contributed by atoms with van der Waals surface area (Å²) in [6, 6.07) is 7.76. The number of benzene rings is 1. The van der Waals surface area contributed by atoms with Gasteiger partial charge in [-0.15, -0.1) is 0 Å². The summed E-state index contributed by atoms with van der Waals surface area (Å²) in [5.74, 6) is 0.842. The Bertz CT molecular complexity index is 890. The first-order valence-corrected chi connectivity index (χ1v) is 10.9. The molecule has 0 saturated carbocycles. The number of piperidine rings is 1. The first kappa shape index (κ1) is 19.4. The van der Waals surface area contributed by atoms with Crippen LogP contribution in [0.1, 0.15) is 31.1 Å². The maximum absolute atomic E-state index is 11.7. The highest BCUT2D eigenvalue weighted by molar-refractivity contribution is 7.90. The van der Waals surface area contributed by atoms with E-state index in [0.29, 0.717) is 12.2 Å². The number of rotatable bonds is 7. The SMILES string of the molecule is CS(=O)(=O)c1ccc(NC[C@H](c2ccco2)[NH+]2CCCCC2)c([N+](=O)[O-])c1. The molecule has 1 saturated heterocycles. The molecule has 1 aliphatic heterocycles. The lowest BCUT2D eigenvalue weighted by Crippen LogP contribution is -3.13. The van der Waals surface area contributed by atoms with E-state index in [9.17, 15) is 18.5 Å². The van der Waals surface area contributed by atoms with Crippen LogP contribution in [0.2, 0.25) is 0 Å². The molecular weight excluding hydrogens is 370 g/mol. The molecular formula is C18H24N3O5S+. The summed E-state index contributed by atoms with van der Waals surface area (Å²) in [4.78, 5) is 12.2. The lowest BCUT2D eigenvalue weighted by molar-refractivity contribution is -0.935. The summed E-state index contributed by atoms with van der Waals surface area (Å²) in [5, 5.41) is 14.6. The average Bonchev–Trinajstić information content (AvgIpc) is 3.16. The monoisotopic (exact) mass is 394 g/mol. The molecule has 3 rings (SSSR count). The van der Waals surface area contributed by atoms with Crippen molar-refractivity contribution in [1.29, 1.82) is 0 Å². The number of nitro groups is 1. The molecule has 2 N–H and O–H groups in total. The van der Waals surface area contributed by atoms with E-state index in [2.05, 4.69) is 5.32 Å². The third-order valence-electron chi connectivity index (χ3n) is 4.97. The molecule has 27 heavy (non-hydrogen) atoms. The number of nitro benzene ring substituents is 1. The van der Waals surface area contributed by atoms with E-state index in [1.54, 1.807) is 6.26 Å². The summed E-state index contributed by atoms with van der Waals surface area (Å²) in [5.41, 5.74) is 0.0603. The highest BCUT2D eigenvalue weighted by Gasteiger charge is 2.29. The summed E-state index contributed by atoms with van der Waals surface area (Å²) in [6.07, 6.45) is 6.19. The number of quaternary nitrogens is 1. The van der Waals surface area contributed by atoms with Gasteiger partial charge < -0.3 is 14.6 Å². The van der Waals surface area contributed by atoms with Crippen LogP contribution >= 0.6 is 0 Å².